The maximum Gasteiger partial charge on any atom is 0.160 e. The lowest BCUT2D eigenvalue weighted by molar-refractivity contribution is -0.0334. The lowest BCUT2D eigenvalue weighted by Crippen LogP contribution is -2.18. The van der Waals surface area contributed by atoms with E-state index in [-0.39, 0.29) is 20.4 Å². The Morgan fingerprint density at radius 1 is 0.455 bits per heavy atom. The van der Waals surface area contributed by atoms with E-state index >= 15 is 0 Å². The number of hydrogen-bond donors (Lipinski definition) is 8. The van der Waals surface area contributed by atoms with Gasteiger partial charge in [-0.05, 0) is 48.9 Å². The molecule has 22 heavy (non-hydrogen) atoms. The summed E-state index contributed by atoms with van der Waals surface area (Å²) in [5, 5.41) is 0.000000000000000888. The lowest BCUT2D eigenvalue weighted by atomic mass is 10.6. The summed E-state index contributed by atoms with van der Waals surface area (Å²) in [5.41, 5.74) is 37.0. The fraction of sp³-hybridized carbons (Fsp3) is 0.500. The van der Waals surface area contributed by atoms with Crippen LogP contribution in [0.1, 0.15) is 0 Å². The van der Waals surface area contributed by atoms with Crippen LogP contribution in [0.25, 0.3) is 0 Å². The zero-order valence-corrected chi connectivity index (χ0v) is 15.2. The van der Waals surface area contributed by atoms with Crippen molar-refractivity contribution >= 4 is 69.3 Å². The maximum absolute atomic E-state index is 4.94. The minimum absolute atomic E-state index is 0.000000000000000222. The molecule has 0 unspecified atom stereocenters. The third-order valence-electron chi connectivity index (χ3n) is 0.744. The van der Waals surface area contributed by atoms with Gasteiger partial charge in [-0.1, -0.05) is 0 Å². The zero-order valence-electron chi connectivity index (χ0n) is 11.9. The second-order valence-corrected chi connectivity index (χ2v) is 4.72. The summed E-state index contributed by atoms with van der Waals surface area (Å²) in [7, 11) is 0. The molecule has 0 aromatic heterocycles. The smallest absolute Gasteiger partial charge is 0.160 e. The van der Waals surface area contributed by atoms with Crippen LogP contribution in [0.3, 0.4) is 0 Å². The van der Waals surface area contributed by atoms with Crippen LogP contribution >= 0.6 is 48.9 Å². The topological polar surface area (TPSA) is 227 Å². The van der Waals surface area contributed by atoms with E-state index in [2.05, 4.69) is 94.7 Å². The standard InChI is InChI=1S/C4H8O2.4CH4N2S/c1-2-6-4-3-5-1;4*2-1(3)4/h1-4H2;4*(H4,2,3,4). The average Bonchev–Trinajstić information content (AvgIpc) is 2.28. The molecule has 0 bridgehead atoms. The van der Waals surface area contributed by atoms with Gasteiger partial charge >= 0.3 is 0 Å². The summed E-state index contributed by atoms with van der Waals surface area (Å²) in [6.07, 6.45) is 0. The first-order valence-corrected chi connectivity index (χ1v) is 6.91. The molecule has 0 radical (unpaired) electrons. The molecule has 0 amide bonds. The molecule has 0 aromatic rings. The summed E-state index contributed by atoms with van der Waals surface area (Å²) in [4.78, 5) is 0. The Bertz CT molecular complexity index is 239. The van der Waals surface area contributed by atoms with Gasteiger partial charge in [0.2, 0.25) is 0 Å². The Kier molecular flexibility index (Phi) is 32.3. The van der Waals surface area contributed by atoms with Crippen LogP contribution in [0.2, 0.25) is 0 Å². The number of ether oxygens (including phenoxy) is 2. The van der Waals surface area contributed by atoms with E-state index in [1.54, 1.807) is 0 Å². The number of nitrogens with two attached hydrogens (primary N) is 8. The summed E-state index contributed by atoms with van der Waals surface area (Å²) in [6, 6.07) is 0. The molecular weight excluding hydrogens is 368 g/mol. The number of hydrogen-bond acceptors (Lipinski definition) is 6. The second-order valence-electron chi connectivity index (χ2n) is 2.83. The average molecular weight is 393 g/mol. The van der Waals surface area contributed by atoms with Crippen molar-refractivity contribution < 1.29 is 9.47 Å². The Morgan fingerprint density at radius 2 is 0.545 bits per heavy atom. The molecule has 132 valence electrons. The monoisotopic (exact) mass is 392 g/mol. The molecule has 0 aliphatic carbocycles. The molecular formula is C8H24N8O2S4. The molecule has 1 aliphatic rings. The van der Waals surface area contributed by atoms with Crippen molar-refractivity contribution in [2.24, 2.45) is 45.9 Å². The van der Waals surface area contributed by atoms with Crippen molar-refractivity contribution in [1.29, 1.82) is 0 Å². The summed E-state index contributed by atoms with van der Waals surface area (Å²) in [6.45, 7) is 3.11. The van der Waals surface area contributed by atoms with Crippen molar-refractivity contribution in [3.8, 4) is 0 Å². The third kappa shape index (κ3) is 267. The first-order chi connectivity index (χ1) is 9.93. The maximum atomic E-state index is 4.94. The van der Waals surface area contributed by atoms with Crippen molar-refractivity contribution in [2.45, 2.75) is 0 Å². The quantitative estimate of drug-likeness (QED) is 0.190. The van der Waals surface area contributed by atoms with E-state index in [4.69, 9.17) is 9.47 Å². The first-order valence-electron chi connectivity index (χ1n) is 5.28. The second kappa shape index (κ2) is 24.7. The Labute approximate surface area is 151 Å². The molecule has 1 fully saturated rings. The van der Waals surface area contributed by atoms with Gasteiger partial charge in [0.05, 0.1) is 26.4 Å². The largest absolute Gasteiger partial charge is 0.377 e. The Balaban J connectivity index is -0.0000000937. The Morgan fingerprint density at radius 3 is 0.591 bits per heavy atom. The van der Waals surface area contributed by atoms with Crippen LogP contribution in [-0.2, 0) is 9.47 Å². The zero-order chi connectivity index (χ0) is 18.6. The molecule has 1 saturated heterocycles. The molecule has 1 heterocycles. The van der Waals surface area contributed by atoms with Crippen LogP contribution in [0.5, 0.6) is 0 Å². The van der Waals surface area contributed by atoms with Crippen molar-refractivity contribution in [1.82, 2.24) is 0 Å². The van der Waals surface area contributed by atoms with Crippen LogP contribution in [0.4, 0.5) is 0 Å². The highest BCUT2D eigenvalue weighted by molar-refractivity contribution is 7.80. The van der Waals surface area contributed by atoms with E-state index in [0.717, 1.165) is 26.4 Å². The molecule has 1 aliphatic heterocycles. The van der Waals surface area contributed by atoms with Gasteiger partial charge < -0.3 is 55.3 Å². The molecule has 14 heteroatoms. The normalized spacial score (nSPS) is 10.9. The van der Waals surface area contributed by atoms with Crippen LogP contribution in [0.15, 0.2) is 0 Å². The van der Waals surface area contributed by atoms with E-state index in [9.17, 15) is 0 Å². The van der Waals surface area contributed by atoms with Gasteiger partial charge in [-0.3, -0.25) is 0 Å². The van der Waals surface area contributed by atoms with Crippen molar-refractivity contribution in [3.05, 3.63) is 0 Å². The lowest BCUT2D eigenvalue weighted by Gasteiger charge is -2.09. The Hall–Kier alpha value is -1.32. The molecule has 0 saturated carbocycles. The highest BCUT2D eigenvalue weighted by Gasteiger charge is 1.94. The fourth-order valence-corrected chi connectivity index (χ4v) is 0.440. The molecule has 0 spiro atoms. The minimum Gasteiger partial charge on any atom is -0.377 e. The molecule has 0 atom stereocenters. The summed E-state index contributed by atoms with van der Waals surface area (Å²) < 4.78 is 9.89. The van der Waals surface area contributed by atoms with Crippen LogP contribution in [-0.4, -0.2) is 46.9 Å². The van der Waals surface area contributed by atoms with E-state index in [1.807, 2.05) is 0 Å². The molecule has 10 nitrogen and oxygen atoms in total. The van der Waals surface area contributed by atoms with Gasteiger partial charge in [0.1, 0.15) is 0 Å². The van der Waals surface area contributed by atoms with E-state index in [1.165, 1.54) is 0 Å². The number of rotatable bonds is 0. The van der Waals surface area contributed by atoms with E-state index < -0.39 is 0 Å². The van der Waals surface area contributed by atoms with E-state index in [0.29, 0.717) is 0 Å². The fourth-order valence-electron chi connectivity index (χ4n) is 0.440. The first kappa shape index (κ1) is 28.8. The predicted molar refractivity (Wildman–Crippen MR) is 106 cm³/mol. The molecule has 0 aromatic carbocycles. The van der Waals surface area contributed by atoms with Crippen molar-refractivity contribution in [3.63, 3.8) is 0 Å². The van der Waals surface area contributed by atoms with Crippen LogP contribution in [0, 0.1) is 0 Å². The van der Waals surface area contributed by atoms with Gasteiger partial charge in [-0.2, -0.15) is 0 Å². The van der Waals surface area contributed by atoms with Gasteiger partial charge in [0, 0.05) is 0 Å². The minimum atomic E-state index is 0.000000000000000222. The van der Waals surface area contributed by atoms with Gasteiger partial charge in [-0.25, -0.2) is 0 Å². The third-order valence-corrected chi connectivity index (χ3v) is 0.744. The predicted octanol–water partition coefficient (Wildman–Crippen LogP) is -3.21. The number of thiocarbonyl (C=S) groups is 4. The SMILES string of the molecule is C1COCCO1.NC(N)=S.NC(N)=S.NC(N)=S.NC(N)=S. The molecule has 16 N–H and O–H groups in total. The van der Waals surface area contributed by atoms with Gasteiger partial charge in [0.15, 0.2) is 20.4 Å². The van der Waals surface area contributed by atoms with Gasteiger partial charge in [0.25, 0.3) is 0 Å². The van der Waals surface area contributed by atoms with Gasteiger partial charge in [-0.15, -0.1) is 0 Å². The highest BCUT2D eigenvalue weighted by Crippen LogP contribution is 1.85. The summed E-state index contributed by atoms with van der Waals surface area (Å²) in [5.74, 6) is 0. The van der Waals surface area contributed by atoms with Crippen molar-refractivity contribution in [2.75, 3.05) is 26.4 Å². The highest BCUT2D eigenvalue weighted by atomic mass is 32.1. The molecule has 1 rings (SSSR count). The summed E-state index contributed by atoms with van der Waals surface area (Å²) >= 11 is 16.4. The van der Waals surface area contributed by atoms with Crippen LogP contribution < -0.4 is 45.9 Å².